The van der Waals surface area contributed by atoms with Crippen molar-refractivity contribution in [1.82, 2.24) is 4.90 Å². The van der Waals surface area contributed by atoms with Gasteiger partial charge in [0.15, 0.2) is 6.10 Å². The quantitative estimate of drug-likeness (QED) is 0.654. The van der Waals surface area contributed by atoms with Crippen molar-refractivity contribution < 1.29 is 14.3 Å². The van der Waals surface area contributed by atoms with Gasteiger partial charge < -0.3 is 9.53 Å². The summed E-state index contributed by atoms with van der Waals surface area (Å²) in [5.41, 5.74) is 1.01. The lowest BCUT2D eigenvalue weighted by Gasteiger charge is -2.37. The average molecular weight is 351 g/mol. The number of amides is 1. The number of carbonyl (C=O) groups excluding carboxylic acids is 2. The molecule has 0 radical (unpaired) electrons. The Morgan fingerprint density at radius 2 is 1.62 bits per heavy atom. The molecular formula is C22H25NO3. The molecule has 0 aliphatic carbocycles. The third-order valence-corrected chi connectivity index (χ3v) is 5.10. The van der Waals surface area contributed by atoms with Crippen LogP contribution in [0.4, 0.5) is 4.79 Å². The Balaban J connectivity index is 2.07. The van der Waals surface area contributed by atoms with Crippen LogP contribution in [-0.4, -0.2) is 22.8 Å². The van der Waals surface area contributed by atoms with Gasteiger partial charge in [-0.3, -0.25) is 4.90 Å². The summed E-state index contributed by atoms with van der Waals surface area (Å²) in [6.07, 6.45) is 2.48. The molecule has 1 aliphatic heterocycles. The first-order chi connectivity index (χ1) is 12.6. The zero-order valence-electron chi connectivity index (χ0n) is 15.3. The number of ether oxygens (including phenoxy) is 1. The van der Waals surface area contributed by atoms with Gasteiger partial charge in [-0.15, -0.1) is 0 Å². The number of hydrogen-bond acceptors (Lipinski definition) is 3. The molecule has 3 atom stereocenters. The van der Waals surface area contributed by atoms with E-state index < -0.39 is 17.7 Å². The van der Waals surface area contributed by atoms with E-state index in [-0.39, 0.29) is 6.04 Å². The van der Waals surface area contributed by atoms with Crippen molar-refractivity contribution >= 4 is 12.4 Å². The summed E-state index contributed by atoms with van der Waals surface area (Å²) < 4.78 is 5.78. The molecule has 1 aliphatic rings. The third-order valence-electron chi connectivity index (χ3n) is 5.10. The van der Waals surface area contributed by atoms with Gasteiger partial charge in [0, 0.05) is 0 Å². The van der Waals surface area contributed by atoms with Gasteiger partial charge in [0.2, 0.25) is 0 Å². The fraction of sp³-hybridized carbons (Fsp3) is 0.364. The van der Waals surface area contributed by atoms with Crippen LogP contribution in [0.1, 0.15) is 56.4 Å². The summed E-state index contributed by atoms with van der Waals surface area (Å²) in [4.78, 5) is 26.5. The molecule has 3 rings (SSSR count). The molecule has 0 saturated carbocycles. The van der Waals surface area contributed by atoms with Gasteiger partial charge >= 0.3 is 6.09 Å². The summed E-state index contributed by atoms with van der Waals surface area (Å²) in [6.45, 7) is 3.91. The Hall–Kier alpha value is -2.62. The SMILES string of the molecule is CCCC[C@](C)(C=O)N1C(=O)O[C@H](c2ccccc2)[C@@H]1c1ccccc1. The largest absolute Gasteiger partial charge is 0.439 e. The summed E-state index contributed by atoms with van der Waals surface area (Å²) in [6, 6.07) is 19.2. The van der Waals surface area contributed by atoms with Gasteiger partial charge in [0.1, 0.15) is 12.3 Å². The molecule has 26 heavy (non-hydrogen) atoms. The zero-order valence-corrected chi connectivity index (χ0v) is 15.3. The number of carbonyl (C=O) groups is 2. The van der Waals surface area contributed by atoms with Crippen molar-refractivity contribution in [1.29, 1.82) is 0 Å². The second kappa shape index (κ2) is 7.73. The van der Waals surface area contributed by atoms with Crippen molar-refractivity contribution in [2.75, 3.05) is 0 Å². The van der Waals surface area contributed by atoms with Crippen molar-refractivity contribution in [2.24, 2.45) is 0 Å². The molecule has 1 heterocycles. The normalized spacial score (nSPS) is 21.9. The van der Waals surface area contributed by atoms with Gasteiger partial charge in [-0.2, -0.15) is 0 Å². The Kier molecular flexibility index (Phi) is 5.40. The van der Waals surface area contributed by atoms with Gasteiger partial charge in [-0.1, -0.05) is 80.4 Å². The predicted molar refractivity (Wildman–Crippen MR) is 101 cm³/mol. The van der Waals surface area contributed by atoms with E-state index in [1.807, 2.05) is 67.6 Å². The van der Waals surface area contributed by atoms with E-state index in [1.165, 1.54) is 0 Å². The first-order valence-electron chi connectivity index (χ1n) is 9.17. The lowest BCUT2D eigenvalue weighted by molar-refractivity contribution is -0.117. The van der Waals surface area contributed by atoms with Gasteiger partial charge in [-0.05, 0) is 24.5 Å². The fourth-order valence-electron chi connectivity index (χ4n) is 3.64. The molecule has 1 amide bonds. The molecule has 2 aromatic carbocycles. The number of aldehydes is 1. The molecule has 0 bridgehead atoms. The molecule has 0 aromatic heterocycles. The van der Waals surface area contributed by atoms with E-state index >= 15 is 0 Å². The second-order valence-electron chi connectivity index (χ2n) is 7.02. The molecule has 1 saturated heterocycles. The van der Waals surface area contributed by atoms with Crippen LogP contribution in [0.25, 0.3) is 0 Å². The molecule has 4 heteroatoms. The topological polar surface area (TPSA) is 46.6 Å². The summed E-state index contributed by atoms with van der Waals surface area (Å²) in [7, 11) is 0. The van der Waals surface area contributed by atoms with Gasteiger partial charge in [0.25, 0.3) is 0 Å². The number of cyclic esters (lactones) is 1. The molecule has 136 valence electrons. The van der Waals surface area contributed by atoms with E-state index in [0.717, 1.165) is 30.3 Å². The highest BCUT2D eigenvalue weighted by Crippen LogP contribution is 2.46. The lowest BCUT2D eigenvalue weighted by Crippen LogP contribution is -2.49. The van der Waals surface area contributed by atoms with Crippen LogP contribution in [0.15, 0.2) is 60.7 Å². The van der Waals surface area contributed by atoms with Crippen molar-refractivity contribution in [3.63, 3.8) is 0 Å². The minimum Gasteiger partial charge on any atom is -0.439 e. The van der Waals surface area contributed by atoms with Gasteiger partial charge in [-0.25, -0.2) is 4.79 Å². The number of benzene rings is 2. The summed E-state index contributed by atoms with van der Waals surface area (Å²) >= 11 is 0. The van der Waals surface area contributed by atoms with E-state index in [0.29, 0.717) is 6.42 Å². The van der Waals surface area contributed by atoms with Crippen LogP contribution in [0, 0.1) is 0 Å². The molecular weight excluding hydrogens is 326 g/mol. The van der Waals surface area contributed by atoms with Crippen molar-refractivity contribution in [3.05, 3.63) is 71.8 Å². The Bertz CT molecular complexity index is 746. The van der Waals surface area contributed by atoms with Crippen LogP contribution in [0.5, 0.6) is 0 Å². The maximum Gasteiger partial charge on any atom is 0.411 e. The zero-order chi connectivity index (χ0) is 18.6. The molecule has 0 unspecified atom stereocenters. The van der Waals surface area contributed by atoms with E-state index in [9.17, 15) is 9.59 Å². The molecule has 0 spiro atoms. The molecule has 1 fully saturated rings. The van der Waals surface area contributed by atoms with Crippen LogP contribution >= 0.6 is 0 Å². The van der Waals surface area contributed by atoms with E-state index in [2.05, 4.69) is 6.92 Å². The highest BCUT2D eigenvalue weighted by Gasteiger charge is 2.51. The molecule has 2 aromatic rings. The highest BCUT2D eigenvalue weighted by molar-refractivity contribution is 5.79. The van der Waals surface area contributed by atoms with Gasteiger partial charge in [0.05, 0.1) is 5.54 Å². The average Bonchev–Trinajstić information content (AvgIpc) is 3.05. The maximum absolute atomic E-state index is 12.9. The smallest absolute Gasteiger partial charge is 0.411 e. The lowest BCUT2D eigenvalue weighted by atomic mass is 9.88. The third kappa shape index (κ3) is 3.36. The highest BCUT2D eigenvalue weighted by atomic mass is 16.6. The van der Waals surface area contributed by atoms with Crippen LogP contribution in [0.3, 0.4) is 0 Å². The number of unbranched alkanes of at least 4 members (excludes halogenated alkanes) is 1. The van der Waals surface area contributed by atoms with Crippen LogP contribution in [-0.2, 0) is 9.53 Å². The minimum absolute atomic E-state index is 0.335. The Morgan fingerprint density at radius 1 is 1.04 bits per heavy atom. The fourth-order valence-corrected chi connectivity index (χ4v) is 3.64. The summed E-state index contributed by atoms with van der Waals surface area (Å²) in [5, 5.41) is 0. The van der Waals surface area contributed by atoms with Crippen molar-refractivity contribution in [2.45, 2.75) is 50.8 Å². The Morgan fingerprint density at radius 3 is 2.15 bits per heavy atom. The number of hydrogen-bond donors (Lipinski definition) is 0. The first-order valence-corrected chi connectivity index (χ1v) is 9.17. The monoisotopic (exact) mass is 351 g/mol. The minimum atomic E-state index is -0.892. The molecule has 4 nitrogen and oxygen atoms in total. The standard InChI is InChI=1S/C22H25NO3/c1-3-4-15-22(2,16-24)23-19(17-11-7-5-8-12-17)20(26-21(23)25)18-13-9-6-10-14-18/h5-14,16,19-20H,3-4,15H2,1-2H3/t19-,20+,22+/m0/s1. The van der Waals surface area contributed by atoms with E-state index in [1.54, 1.807) is 4.90 Å². The Labute approximate surface area is 154 Å². The van der Waals surface area contributed by atoms with E-state index in [4.69, 9.17) is 4.74 Å². The molecule has 0 N–H and O–H groups in total. The first kappa shape index (κ1) is 18.2. The van der Waals surface area contributed by atoms with Crippen LogP contribution < -0.4 is 0 Å². The van der Waals surface area contributed by atoms with Crippen LogP contribution in [0.2, 0.25) is 0 Å². The second-order valence-corrected chi connectivity index (χ2v) is 7.02. The predicted octanol–water partition coefficient (Wildman–Crippen LogP) is 5.07. The van der Waals surface area contributed by atoms with Crippen molar-refractivity contribution in [3.8, 4) is 0 Å². The number of rotatable bonds is 7. The number of nitrogens with zero attached hydrogens (tertiary/aromatic N) is 1. The maximum atomic E-state index is 12.9. The summed E-state index contributed by atoms with van der Waals surface area (Å²) in [5.74, 6) is 0.